The van der Waals surface area contributed by atoms with Crippen molar-refractivity contribution in [3.63, 3.8) is 0 Å². The molecular formula is C15H13NO. The first-order valence-corrected chi connectivity index (χ1v) is 5.52. The lowest BCUT2D eigenvalue weighted by Gasteiger charge is -2.09. The van der Waals surface area contributed by atoms with E-state index in [4.69, 9.17) is 10.00 Å². The molecule has 0 N–H and O–H groups in total. The summed E-state index contributed by atoms with van der Waals surface area (Å²) in [5.41, 5.74) is 0.677. The molecule has 2 aromatic rings. The summed E-state index contributed by atoms with van der Waals surface area (Å²) in [6.07, 6.45) is 2.64. The van der Waals surface area contributed by atoms with Crippen LogP contribution in [0, 0.1) is 11.3 Å². The molecule has 0 saturated carbocycles. The highest BCUT2D eigenvalue weighted by atomic mass is 16.5. The maximum atomic E-state index is 9.04. The van der Waals surface area contributed by atoms with Gasteiger partial charge >= 0.3 is 0 Å². The molecule has 0 aromatic heterocycles. The Morgan fingerprint density at radius 3 is 2.65 bits per heavy atom. The smallest absolute Gasteiger partial charge is 0.127 e. The summed E-state index contributed by atoms with van der Waals surface area (Å²) >= 11 is 0. The van der Waals surface area contributed by atoms with Crippen LogP contribution in [0.2, 0.25) is 0 Å². The van der Waals surface area contributed by atoms with Crippen LogP contribution in [0.5, 0.6) is 5.75 Å². The minimum atomic E-state index is 0.611. The lowest BCUT2D eigenvalue weighted by atomic mass is 10.0. The highest BCUT2D eigenvalue weighted by molar-refractivity contribution is 5.92. The van der Waals surface area contributed by atoms with Crippen molar-refractivity contribution in [2.45, 2.75) is 6.42 Å². The fraction of sp³-hybridized carbons (Fsp3) is 0.133. The molecule has 0 amide bonds. The van der Waals surface area contributed by atoms with E-state index in [1.807, 2.05) is 36.4 Å². The van der Waals surface area contributed by atoms with Gasteiger partial charge in [-0.1, -0.05) is 30.3 Å². The first-order valence-electron chi connectivity index (χ1n) is 5.52. The average Bonchev–Trinajstić information content (AvgIpc) is 2.39. The van der Waals surface area contributed by atoms with Gasteiger partial charge in [0.25, 0.3) is 0 Å². The minimum Gasteiger partial charge on any atom is -0.493 e. The van der Waals surface area contributed by atoms with Crippen molar-refractivity contribution in [3.05, 3.63) is 54.6 Å². The van der Waals surface area contributed by atoms with E-state index < -0.39 is 0 Å². The number of benzene rings is 2. The molecule has 2 heteroatoms. The van der Waals surface area contributed by atoms with Crippen LogP contribution in [0.15, 0.2) is 49.1 Å². The van der Waals surface area contributed by atoms with E-state index in [9.17, 15) is 0 Å². The summed E-state index contributed by atoms with van der Waals surface area (Å²) in [6, 6.07) is 13.6. The molecule has 2 aromatic carbocycles. The van der Waals surface area contributed by atoms with Crippen LogP contribution >= 0.6 is 0 Å². The molecule has 84 valence electrons. The first-order chi connectivity index (χ1) is 8.36. The zero-order chi connectivity index (χ0) is 12.1. The Hall–Kier alpha value is -2.27. The van der Waals surface area contributed by atoms with E-state index in [0.29, 0.717) is 12.2 Å². The van der Waals surface area contributed by atoms with Crippen LogP contribution in [0.25, 0.3) is 10.8 Å². The zero-order valence-corrected chi connectivity index (χ0v) is 9.52. The van der Waals surface area contributed by atoms with Gasteiger partial charge in [0.15, 0.2) is 0 Å². The molecule has 0 saturated heterocycles. The van der Waals surface area contributed by atoms with Crippen LogP contribution in [-0.4, -0.2) is 6.61 Å². The van der Waals surface area contributed by atoms with Gasteiger partial charge in [0.1, 0.15) is 5.75 Å². The second kappa shape index (κ2) is 5.18. The molecule has 0 aliphatic heterocycles. The van der Waals surface area contributed by atoms with Gasteiger partial charge in [0.05, 0.1) is 18.2 Å². The summed E-state index contributed by atoms with van der Waals surface area (Å²) in [6.45, 7) is 4.27. The van der Waals surface area contributed by atoms with Crippen molar-refractivity contribution in [2.24, 2.45) is 0 Å². The normalized spacial score (nSPS) is 9.82. The summed E-state index contributed by atoms with van der Waals surface area (Å²) in [5, 5.41) is 11.0. The zero-order valence-electron chi connectivity index (χ0n) is 9.52. The summed E-state index contributed by atoms with van der Waals surface area (Å²) < 4.78 is 5.68. The largest absolute Gasteiger partial charge is 0.493 e. The number of fused-ring (bicyclic) bond motifs is 1. The second-order valence-electron chi connectivity index (χ2n) is 3.69. The van der Waals surface area contributed by atoms with Gasteiger partial charge < -0.3 is 4.74 Å². The lowest BCUT2D eigenvalue weighted by Crippen LogP contribution is -1.96. The van der Waals surface area contributed by atoms with Crippen molar-refractivity contribution < 1.29 is 4.74 Å². The molecule has 0 unspecified atom stereocenters. The Morgan fingerprint density at radius 1 is 1.18 bits per heavy atom. The van der Waals surface area contributed by atoms with Gasteiger partial charge in [-0.05, 0) is 18.6 Å². The van der Waals surface area contributed by atoms with Crippen LogP contribution in [0.4, 0.5) is 0 Å². The summed E-state index contributed by atoms with van der Waals surface area (Å²) in [4.78, 5) is 0. The van der Waals surface area contributed by atoms with Gasteiger partial charge in [-0.15, -0.1) is 6.58 Å². The van der Waals surface area contributed by atoms with E-state index in [-0.39, 0.29) is 0 Å². The standard InChI is InChI=1S/C15H13NO/c1-2-3-10-17-15-9-8-12(11-16)13-6-4-5-7-14(13)15/h2,4-9H,1,3,10H2. The highest BCUT2D eigenvalue weighted by Gasteiger charge is 2.05. The predicted molar refractivity (Wildman–Crippen MR) is 69.0 cm³/mol. The van der Waals surface area contributed by atoms with Crippen LogP contribution in [-0.2, 0) is 0 Å². The fourth-order valence-corrected chi connectivity index (χ4v) is 1.75. The van der Waals surface area contributed by atoms with Gasteiger partial charge in [-0.2, -0.15) is 5.26 Å². The molecule has 2 rings (SSSR count). The molecule has 2 nitrogen and oxygen atoms in total. The fourth-order valence-electron chi connectivity index (χ4n) is 1.75. The quantitative estimate of drug-likeness (QED) is 0.585. The molecule has 0 bridgehead atoms. The Bertz CT molecular complexity index is 581. The van der Waals surface area contributed by atoms with Gasteiger partial charge in [-0.3, -0.25) is 0 Å². The number of hydrogen-bond acceptors (Lipinski definition) is 2. The van der Waals surface area contributed by atoms with Gasteiger partial charge in [-0.25, -0.2) is 0 Å². The second-order valence-corrected chi connectivity index (χ2v) is 3.69. The molecule has 17 heavy (non-hydrogen) atoms. The van der Waals surface area contributed by atoms with Crippen LogP contribution < -0.4 is 4.74 Å². The Morgan fingerprint density at radius 2 is 1.94 bits per heavy atom. The van der Waals surface area contributed by atoms with Crippen LogP contribution in [0.3, 0.4) is 0 Å². The van der Waals surface area contributed by atoms with E-state index in [1.165, 1.54) is 0 Å². The molecule has 0 aliphatic rings. The first kappa shape index (κ1) is 11.2. The number of rotatable bonds is 4. The molecule has 0 fully saturated rings. The monoisotopic (exact) mass is 223 g/mol. The number of nitriles is 1. The topological polar surface area (TPSA) is 33.0 Å². The molecule has 0 radical (unpaired) electrons. The maximum absolute atomic E-state index is 9.04. The van der Waals surface area contributed by atoms with Crippen molar-refractivity contribution in [3.8, 4) is 11.8 Å². The van der Waals surface area contributed by atoms with Crippen molar-refractivity contribution in [2.75, 3.05) is 6.61 Å². The third-order valence-electron chi connectivity index (χ3n) is 2.58. The minimum absolute atomic E-state index is 0.611. The van der Waals surface area contributed by atoms with E-state index >= 15 is 0 Å². The van der Waals surface area contributed by atoms with Crippen molar-refractivity contribution in [1.29, 1.82) is 5.26 Å². The lowest BCUT2D eigenvalue weighted by molar-refractivity contribution is 0.329. The third-order valence-corrected chi connectivity index (χ3v) is 2.58. The number of nitrogens with zero attached hydrogens (tertiary/aromatic N) is 1. The molecule has 0 heterocycles. The van der Waals surface area contributed by atoms with E-state index in [1.54, 1.807) is 6.07 Å². The van der Waals surface area contributed by atoms with E-state index in [2.05, 4.69) is 12.6 Å². The molecule has 0 atom stereocenters. The Balaban J connectivity index is 2.44. The van der Waals surface area contributed by atoms with Crippen LogP contribution in [0.1, 0.15) is 12.0 Å². The highest BCUT2D eigenvalue weighted by Crippen LogP contribution is 2.28. The summed E-state index contributed by atoms with van der Waals surface area (Å²) in [7, 11) is 0. The average molecular weight is 223 g/mol. The van der Waals surface area contributed by atoms with E-state index in [0.717, 1.165) is 22.9 Å². The van der Waals surface area contributed by atoms with Gasteiger partial charge in [0, 0.05) is 10.8 Å². The molecular weight excluding hydrogens is 210 g/mol. The summed E-state index contributed by atoms with van der Waals surface area (Å²) in [5.74, 6) is 0.821. The molecule has 0 aliphatic carbocycles. The van der Waals surface area contributed by atoms with Crippen molar-refractivity contribution in [1.82, 2.24) is 0 Å². The number of ether oxygens (including phenoxy) is 1. The van der Waals surface area contributed by atoms with Crippen molar-refractivity contribution >= 4 is 10.8 Å². The molecule has 0 spiro atoms. The SMILES string of the molecule is C=CCCOc1ccc(C#N)c2ccccc12. The Labute approximate surface area is 101 Å². The third kappa shape index (κ3) is 2.29. The number of hydrogen-bond donors (Lipinski definition) is 0. The Kier molecular flexibility index (Phi) is 3.42. The van der Waals surface area contributed by atoms with Gasteiger partial charge in [0.2, 0.25) is 0 Å². The predicted octanol–water partition coefficient (Wildman–Crippen LogP) is 3.67. The maximum Gasteiger partial charge on any atom is 0.127 e.